The maximum absolute atomic E-state index is 12.6. The zero-order valence-electron chi connectivity index (χ0n) is 16.4. The molecule has 0 spiro atoms. The predicted octanol–water partition coefficient (Wildman–Crippen LogP) is 4.32. The minimum Gasteiger partial charge on any atom is -0.354 e. The Morgan fingerprint density at radius 1 is 1.17 bits per heavy atom. The summed E-state index contributed by atoms with van der Waals surface area (Å²) in [7, 11) is 0. The van der Waals surface area contributed by atoms with Crippen molar-refractivity contribution in [3.63, 3.8) is 0 Å². The summed E-state index contributed by atoms with van der Waals surface area (Å²) in [6.07, 6.45) is 5.35. The van der Waals surface area contributed by atoms with E-state index in [0.29, 0.717) is 13.1 Å². The van der Waals surface area contributed by atoms with E-state index < -0.39 is 0 Å². The van der Waals surface area contributed by atoms with Crippen LogP contribution in [-0.4, -0.2) is 34.2 Å². The minimum atomic E-state index is -0.0472. The number of piperidine rings is 1. The van der Waals surface area contributed by atoms with E-state index in [-0.39, 0.29) is 11.8 Å². The molecule has 1 aliphatic rings. The number of amides is 1. The molecular formula is C22H22BrN5OS. The quantitative estimate of drug-likeness (QED) is 0.562. The standard InChI is InChI=1S/C22H22BrN5OS/c23-18-5-7-19(8-6-18)30-21-10-9-20(26-27-21)28-12-2-4-17(15-28)22(29)25-14-16-3-1-11-24-13-16/h1,3,5-11,13,17H,2,4,12,14-15H2,(H,25,29). The van der Waals surface area contributed by atoms with Crippen LogP contribution in [0.3, 0.4) is 0 Å². The molecule has 3 aromatic rings. The van der Waals surface area contributed by atoms with E-state index >= 15 is 0 Å². The minimum absolute atomic E-state index is 0.0472. The number of pyridine rings is 1. The fraction of sp³-hybridized carbons (Fsp3) is 0.273. The Bertz CT molecular complexity index is 969. The summed E-state index contributed by atoms with van der Waals surface area (Å²) in [5, 5.41) is 12.7. The van der Waals surface area contributed by atoms with E-state index in [1.165, 1.54) is 0 Å². The van der Waals surface area contributed by atoms with E-state index in [9.17, 15) is 4.79 Å². The molecule has 1 amide bonds. The number of rotatable bonds is 6. The van der Waals surface area contributed by atoms with Crippen LogP contribution >= 0.6 is 27.7 Å². The van der Waals surface area contributed by atoms with Crippen molar-refractivity contribution in [2.75, 3.05) is 18.0 Å². The summed E-state index contributed by atoms with van der Waals surface area (Å²) in [6.45, 7) is 2.05. The third-order valence-electron chi connectivity index (χ3n) is 4.97. The molecule has 1 aromatic carbocycles. The molecule has 8 heteroatoms. The molecule has 1 unspecified atom stereocenters. The lowest BCUT2D eigenvalue weighted by atomic mass is 9.97. The van der Waals surface area contributed by atoms with Crippen LogP contribution in [-0.2, 0) is 11.3 Å². The molecule has 2 aromatic heterocycles. The molecule has 0 saturated carbocycles. The number of nitrogens with zero attached hydrogens (tertiary/aromatic N) is 4. The highest BCUT2D eigenvalue weighted by atomic mass is 79.9. The number of benzene rings is 1. The average molecular weight is 484 g/mol. The lowest BCUT2D eigenvalue weighted by molar-refractivity contribution is -0.125. The van der Waals surface area contributed by atoms with E-state index in [1.807, 2.05) is 48.5 Å². The zero-order valence-corrected chi connectivity index (χ0v) is 18.8. The smallest absolute Gasteiger partial charge is 0.225 e. The number of hydrogen-bond acceptors (Lipinski definition) is 6. The second kappa shape index (κ2) is 10.0. The maximum atomic E-state index is 12.6. The van der Waals surface area contributed by atoms with Crippen LogP contribution in [0.2, 0.25) is 0 Å². The van der Waals surface area contributed by atoms with Crippen LogP contribution in [0.1, 0.15) is 18.4 Å². The van der Waals surface area contributed by atoms with Crippen LogP contribution in [0.4, 0.5) is 5.82 Å². The first-order valence-corrected chi connectivity index (χ1v) is 11.5. The van der Waals surface area contributed by atoms with Crippen molar-refractivity contribution < 1.29 is 4.79 Å². The summed E-state index contributed by atoms with van der Waals surface area (Å²) in [6, 6.07) is 15.9. The normalized spacial score (nSPS) is 16.3. The number of halogens is 1. The first kappa shape index (κ1) is 20.8. The van der Waals surface area contributed by atoms with E-state index in [1.54, 1.807) is 24.2 Å². The first-order valence-electron chi connectivity index (χ1n) is 9.86. The van der Waals surface area contributed by atoms with Gasteiger partial charge in [0.2, 0.25) is 5.91 Å². The molecule has 6 nitrogen and oxygen atoms in total. The number of nitrogens with one attached hydrogen (secondary N) is 1. The average Bonchev–Trinajstić information content (AvgIpc) is 2.80. The summed E-state index contributed by atoms with van der Waals surface area (Å²) >= 11 is 5.03. The van der Waals surface area contributed by atoms with Gasteiger partial charge in [-0.05, 0) is 60.9 Å². The van der Waals surface area contributed by atoms with Gasteiger partial charge in [0.1, 0.15) is 5.03 Å². The van der Waals surface area contributed by atoms with Crippen molar-refractivity contribution >= 4 is 39.4 Å². The van der Waals surface area contributed by atoms with Crippen molar-refractivity contribution in [2.24, 2.45) is 5.92 Å². The van der Waals surface area contributed by atoms with Gasteiger partial charge < -0.3 is 10.2 Å². The number of carbonyl (C=O) groups excluding carboxylic acids is 1. The van der Waals surface area contributed by atoms with E-state index in [4.69, 9.17) is 0 Å². The fourth-order valence-electron chi connectivity index (χ4n) is 3.39. The molecule has 154 valence electrons. The molecule has 3 heterocycles. The highest BCUT2D eigenvalue weighted by molar-refractivity contribution is 9.10. The second-order valence-corrected chi connectivity index (χ2v) is 9.16. The number of anilines is 1. The third-order valence-corrected chi connectivity index (χ3v) is 6.43. The van der Waals surface area contributed by atoms with Gasteiger partial charge in [-0.15, -0.1) is 10.2 Å². The van der Waals surface area contributed by atoms with Gasteiger partial charge in [-0.2, -0.15) is 0 Å². The highest BCUT2D eigenvalue weighted by Gasteiger charge is 2.26. The van der Waals surface area contributed by atoms with Crippen LogP contribution in [0, 0.1) is 5.92 Å². The SMILES string of the molecule is O=C(NCc1cccnc1)C1CCCN(c2ccc(Sc3ccc(Br)cc3)nn2)C1. The summed E-state index contributed by atoms with van der Waals surface area (Å²) in [5.74, 6) is 0.855. The third kappa shape index (κ3) is 5.58. The van der Waals surface area contributed by atoms with Crippen molar-refractivity contribution in [3.05, 3.63) is 71.0 Å². The summed E-state index contributed by atoms with van der Waals surface area (Å²) < 4.78 is 1.05. The van der Waals surface area contributed by atoms with Gasteiger partial charge in [0, 0.05) is 41.4 Å². The van der Waals surface area contributed by atoms with Crippen LogP contribution in [0.15, 0.2) is 75.3 Å². The number of hydrogen-bond donors (Lipinski definition) is 1. The highest BCUT2D eigenvalue weighted by Crippen LogP contribution is 2.28. The topological polar surface area (TPSA) is 71.0 Å². The monoisotopic (exact) mass is 483 g/mol. The Balaban J connectivity index is 1.33. The lowest BCUT2D eigenvalue weighted by Crippen LogP contribution is -2.43. The Kier molecular flexibility index (Phi) is 6.96. The zero-order chi connectivity index (χ0) is 20.8. The van der Waals surface area contributed by atoms with Gasteiger partial charge in [0.05, 0.1) is 5.92 Å². The molecule has 1 N–H and O–H groups in total. The predicted molar refractivity (Wildman–Crippen MR) is 121 cm³/mol. The molecule has 30 heavy (non-hydrogen) atoms. The lowest BCUT2D eigenvalue weighted by Gasteiger charge is -2.32. The molecule has 1 aliphatic heterocycles. The van der Waals surface area contributed by atoms with Gasteiger partial charge in [0.25, 0.3) is 0 Å². The van der Waals surface area contributed by atoms with Crippen LogP contribution in [0.5, 0.6) is 0 Å². The van der Waals surface area contributed by atoms with Crippen LogP contribution < -0.4 is 10.2 Å². The van der Waals surface area contributed by atoms with Gasteiger partial charge in [-0.25, -0.2) is 0 Å². The van der Waals surface area contributed by atoms with Gasteiger partial charge in [-0.3, -0.25) is 9.78 Å². The van der Waals surface area contributed by atoms with Gasteiger partial charge >= 0.3 is 0 Å². The Morgan fingerprint density at radius 3 is 2.77 bits per heavy atom. The Morgan fingerprint density at radius 2 is 2.03 bits per heavy atom. The largest absolute Gasteiger partial charge is 0.354 e. The summed E-state index contributed by atoms with van der Waals surface area (Å²) in [5.41, 5.74) is 1.00. The molecule has 1 saturated heterocycles. The van der Waals surface area contributed by atoms with E-state index in [2.05, 4.69) is 41.3 Å². The second-order valence-electron chi connectivity index (χ2n) is 7.15. The molecule has 1 fully saturated rings. The molecule has 0 radical (unpaired) electrons. The van der Waals surface area contributed by atoms with Crippen LogP contribution in [0.25, 0.3) is 0 Å². The molecule has 1 atom stereocenters. The first-order chi connectivity index (χ1) is 14.7. The van der Waals surface area contributed by atoms with Gasteiger partial charge in [0.15, 0.2) is 5.82 Å². The van der Waals surface area contributed by atoms with Crippen molar-refractivity contribution in [2.45, 2.75) is 29.3 Å². The number of carbonyl (C=O) groups is 1. The van der Waals surface area contributed by atoms with Gasteiger partial charge in [-0.1, -0.05) is 33.8 Å². The van der Waals surface area contributed by atoms with Crippen molar-refractivity contribution in [1.82, 2.24) is 20.5 Å². The molecular weight excluding hydrogens is 462 g/mol. The maximum Gasteiger partial charge on any atom is 0.225 e. The Labute approximate surface area is 188 Å². The summed E-state index contributed by atoms with van der Waals surface area (Å²) in [4.78, 5) is 20.0. The Hall–Kier alpha value is -2.45. The number of aromatic nitrogens is 3. The van der Waals surface area contributed by atoms with Crippen molar-refractivity contribution in [3.8, 4) is 0 Å². The molecule has 0 aliphatic carbocycles. The van der Waals surface area contributed by atoms with Crippen molar-refractivity contribution in [1.29, 1.82) is 0 Å². The van der Waals surface area contributed by atoms with E-state index in [0.717, 1.165) is 45.2 Å². The molecule has 4 rings (SSSR count). The fourth-order valence-corrected chi connectivity index (χ4v) is 4.39. The molecule has 0 bridgehead atoms.